The first kappa shape index (κ1) is 19.3. The van der Waals surface area contributed by atoms with Gasteiger partial charge in [0.2, 0.25) is 5.91 Å². The van der Waals surface area contributed by atoms with E-state index in [9.17, 15) is 4.79 Å². The van der Waals surface area contributed by atoms with Crippen LogP contribution < -0.4 is 0 Å². The van der Waals surface area contributed by atoms with Crippen LogP contribution in [0.25, 0.3) is 0 Å². The molecule has 140 valence electrons. The summed E-state index contributed by atoms with van der Waals surface area (Å²) >= 11 is 3.16. The maximum Gasteiger partial charge on any atom is 0.233 e. The summed E-state index contributed by atoms with van der Waals surface area (Å²) in [5, 5.41) is 4.03. The van der Waals surface area contributed by atoms with Gasteiger partial charge in [0.1, 0.15) is 0 Å². The summed E-state index contributed by atoms with van der Waals surface area (Å²) in [6.45, 7) is 10.3. The minimum atomic E-state index is 0.166. The van der Waals surface area contributed by atoms with Crippen molar-refractivity contribution in [2.45, 2.75) is 38.9 Å². The molecule has 3 rings (SSSR count). The standard InChI is InChI=1S/C18H25N5OS2/c1-4-16-21-15(11-25-16)10-22-5-7-23(8-6-22)17(24)12-26-18-19-13(2)9-14(3)20-18/h9,11H,4-8,10,12H2,1-3H3. The summed E-state index contributed by atoms with van der Waals surface area (Å²) in [4.78, 5) is 30.2. The fourth-order valence-corrected chi connectivity index (χ4v) is 4.53. The summed E-state index contributed by atoms with van der Waals surface area (Å²) in [5.74, 6) is 0.564. The zero-order valence-electron chi connectivity index (χ0n) is 15.6. The summed E-state index contributed by atoms with van der Waals surface area (Å²) in [7, 11) is 0. The van der Waals surface area contributed by atoms with E-state index < -0.39 is 0 Å². The highest BCUT2D eigenvalue weighted by atomic mass is 32.2. The van der Waals surface area contributed by atoms with Gasteiger partial charge in [0.05, 0.1) is 16.5 Å². The molecule has 0 spiro atoms. The average Bonchev–Trinajstić information content (AvgIpc) is 3.07. The SMILES string of the molecule is CCc1nc(CN2CCN(C(=O)CSc3nc(C)cc(C)n3)CC2)cs1. The molecule has 1 fully saturated rings. The Morgan fingerprint density at radius 3 is 2.46 bits per heavy atom. The van der Waals surface area contributed by atoms with Crippen LogP contribution in [0, 0.1) is 13.8 Å². The average molecular weight is 392 g/mol. The number of piperazine rings is 1. The van der Waals surface area contributed by atoms with Gasteiger partial charge in [0, 0.05) is 49.5 Å². The lowest BCUT2D eigenvalue weighted by molar-refractivity contribution is -0.130. The molecule has 2 aromatic heterocycles. The van der Waals surface area contributed by atoms with Gasteiger partial charge in [-0.05, 0) is 26.3 Å². The number of thioether (sulfide) groups is 1. The van der Waals surface area contributed by atoms with Crippen molar-refractivity contribution in [2.75, 3.05) is 31.9 Å². The Morgan fingerprint density at radius 2 is 1.85 bits per heavy atom. The van der Waals surface area contributed by atoms with E-state index in [1.54, 1.807) is 11.3 Å². The fourth-order valence-electron chi connectivity index (χ4n) is 2.94. The van der Waals surface area contributed by atoms with Gasteiger partial charge >= 0.3 is 0 Å². The number of thiazole rings is 1. The minimum Gasteiger partial charge on any atom is -0.339 e. The number of hydrogen-bond donors (Lipinski definition) is 0. The van der Waals surface area contributed by atoms with Gasteiger partial charge in [-0.2, -0.15) is 0 Å². The lowest BCUT2D eigenvalue weighted by Crippen LogP contribution is -2.48. The Labute approximate surface area is 163 Å². The maximum absolute atomic E-state index is 12.5. The van der Waals surface area contributed by atoms with E-state index in [2.05, 4.69) is 32.2 Å². The number of hydrogen-bond acceptors (Lipinski definition) is 7. The highest BCUT2D eigenvalue weighted by Gasteiger charge is 2.22. The van der Waals surface area contributed by atoms with E-state index in [1.807, 2.05) is 24.8 Å². The van der Waals surface area contributed by atoms with E-state index in [0.717, 1.165) is 56.2 Å². The molecule has 0 unspecified atom stereocenters. The van der Waals surface area contributed by atoms with Crippen LogP contribution >= 0.6 is 23.1 Å². The van der Waals surface area contributed by atoms with Gasteiger partial charge in [-0.3, -0.25) is 9.69 Å². The number of nitrogens with zero attached hydrogens (tertiary/aromatic N) is 5. The molecule has 1 amide bonds. The molecule has 1 saturated heterocycles. The van der Waals surface area contributed by atoms with Crippen LogP contribution in [0.15, 0.2) is 16.6 Å². The van der Waals surface area contributed by atoms with Crippen molar-refractivity contribution in [1.82, 2.24) is 24.8 Å². The second-order valence-corrected chi connectivity index (χ2v) is 8.35. The second kappa shape index (κ2) is 8.92. The largest absolute Gasteiger partial charge is 0.339 e. The molecule has 0 saturated carbocycles. The first-order chi connectivity index (χ1) is 12.5. The van der Waals surface area contributed by atoms with E-state index in [-0.39, 0.29) is 5.91 Å². The molecule has 1 aliphatic rings. The highest BCUT2D eigenvalue weighted by molar-refractivity contribution is 7.99. The Morgan fingerprint density at radius 1 is 1.15 bits per heavy atom. The Hall–Kier alpha value is -1.51. The van der Waals surface area contributed by atoms with Crippen LogP contribution in [-0.4, -0.2) is 62.6 Å². The van der Waals surface area contributed by atoms with Crippen molar-refractivity contribution in [2.24, 2.45) is 0 Å². The fraction of sp³-hybridized carbons (Fsp3) is 0.556. The van der Waals surface area contributed by atoms with Gasteiger partial charge in [0.15, 0.2) is 5.16 Å². The van der Waals surface area contributed by atoms with Crippen molar-refractivity contribution in [3.63, 3.8) is 0 Å². The Kier molecular flexibility index (Phi) is 6.61. The van der Waals surface area contributed by atoms with Crippen LogP contribution in [0.5, 0.6) is 0 Å². The van der Waals surface area contributed by atoms with Crippen LogP contribution in [0.2, 0.25) is 0 Å². The van der Waals surface area contributed by atoms with Gasteiger partial charge < -0.3 is 4.90 Å². The zero-order chi connectivity index (χ0) is 18.5. The summed E-state index contributed by atoms with van der Waals surface area (Å²) < 4.78 is 0. The number of aryl methyl sites for hydroxylation is 3. The van der Waals surface area contributed by atoms with Crippen molar-refractivity contribution in [1.29, 1.82) is 0 Å². The number of carbonyl (C=O) groups is 1. The third-order valence-electron chi connectivity index (χ3n) is 4.30. The van der Waals surface area contributed by atoms with Crippen LogP contribution in [0.1, 0.15) is 29.0 Å². The molecular formula is C18H25N5OS2. The molecule has 0 bridgehead atoms. The molecule has 0 aliphatic carbocycles. The lowest BCUT2D eigenvalue weighted by atomic mass is 10.3. The molecular weight excluding hydrogens is 366 g/mol. The first-order valence-corrected chi connectivity index (χ1v) is 10.8. The number of amides is 1. The van der Waals surface area contributed by atoms with Gasteiger partial charge in [-0.1, -0.05) is 18.7 Å². The molecule has 6 nitrogen and oxygen atoms in total. The van der Waals surface area contributed by atoms with Crippen molar-refractivity contribution >= 4 is 29.0 Å². The Bertz CT molecular complexity index is 736. The third-order valence-corrected chi connectivity index (χ3v) is 6.17. The van der Waals surface area contributed by atoms with E-state index in [4.69, 9.17) is 0 Å². The van der Waals surface area contributed by atoms with Crippen molar-refractivity contribution in [3.05, 3.63) is 33.5 Å². The van der Waals surface area contributed by atoms with E-state index in [0.29, 0.717) is 10.9 Å². The smallest absolute Gasteiger partial charge is 0.233 e. The lowest BCUT2D eigenvalue weighted by Gasteiger charge is -2.34. The first-order valence-electron chi connectivity index (χ1n) is 8.92. The summed E-state index contributed by atoms with van der Waals surface area (Å²) in [5.41, 5.74) is 3.03. The van der Waals surface area contributed by atoms with Crippen molar-refractivity contribution < 1.29 is 4.79 Å². The molecule has 0 N–H and O–H groups in total. The molecule has 0 atom stereocenters. The van der Waals surface area contributed by atoms with E-state index >= 15 is 0 Å². The monoisotopic (exact) mass is 391 g/mol. The van der Waals surface area contributed by atoms with E-state index in [1.165, 1.54) is 16.8 Å². The number of carbonyl (C=O) groups excluding carboxylic acids is 1. The van der Waals surface area contributed by atoms with Crippen LogP contribution in [0.4, 0.5) is 0 Å². The maximum atomic E-state index is 12.5. The molecule has 0 aromatic carbocycles. The topological polar surface area (TPSA) is 62.2 Å². The van der Waals surface area contributed by atoms with Crippen LogP contribution in [0.3, 0.4) is 0 Å². The van der Waals surface area contributed by atoms with Gasteiger partial charge in [0.25, 0.3) is 0 Å². The molecule has 0 radical (unpaired) electrons. The summed E-state index contributed by atoms with van der Waals surface area (Å²) in [6, 6.07) is 1.94. The minimum absolute atomic E-state index is 0.166. The molecule has 26 heavy (non-hydrogen) atoms. The van der Waals surface area contributed by atoms with Crippen molar-refractivity contribution in [3.8, 4) is 0 Å². The predicted octanol–water partition coefficient (Wildman–Crippen LogP) is 2.55. The quantitative estimate of drug-likeness (QED) is 0.557. The number of rotatable bonds is 6. The second-order valence-electron chi connectivity index (χ2n) is 6.47. The molecule has 8 heteroatoms. The zero-order valence-corrected chi connectivity index (χ0v) is 17.2. The predicted molar refractivity (Wildman–Crippen MR) is 106 cm³/mol. The normalized spacial score (nSPS) is 15.4. The molecule has 2 aromatic rings. The highest BCUT2D eigenvalue weighted by Crippen LogP contribution is 2.17. The molecule has 3 heterocycles. The van der Waals surface area contributed by atoms with Crippen LogP contribution in [-0.2, 0) is 17.8 Å². The Balaban J connectivity index is 1.44. The van der Waals surface area contributed by atoms with Gasteiger partial charge in [-0.25, -0.2) is 15.0 Å². The molecule has 1 aliphatic heterocycles. The third kappa shape index (κ3) is 5.25. The number of aromatic nitrogens is 3. The summed E-state index contributed by atoms with van der Waals surface area (Å²) in [6.07, 6.45) is 0.995. The van der Waals surface area contributed by atoms with Gasteiger partial charge in [-0.15, -0.1) is 11.3 Å².